The second-order valence-electron chi connectivity index (χ2n) is 15.1. The summed E-state index contributed by atoms with van der Waals surface area (Å²) in [4.78, 5) is 90.7. The van der Waals surface area contributed by atoms with Gasteiger partial charge in [0.2, 0.25) is 5.91 Å². The first-order chi connectivity index (χ1) is 30.9. The van der Waals surface area contributed by atoms with E-state index in [0.717, 1.165) is 4.57 Å². The number of ether oxygens (including phenoxy) is 7. The molecule has 0 saturated carbocycles. The summed E-state index contributed by atoms with van der Waals surface area (Å²) >= 11 is 0. The average Bonchev–Trinajstić information content (AvgIpc) is 3.69. The number of hydrogen-bond donors (Lipinski definition) is 6. The molecule has 0 bridgehead atoms. The summed E-state index contributed by atoms with van der Waals surface area (Å²) in [6.45, 7) is 4.30. The Bertz CT molecular complexity index is 2280. The summed E-state index contributed by atoms with van der Waals surface area (Å²) in [7, 11) is 2.33. The average molecular weight is 908 g/mol. The van der Waals surface area contributed by atoms with Gasteiger partial charge in [0.15, 0.2) is 0 Å². The third-order valence-corrected chi connectivity index (χ3v) is 9.16. The van der Waals surface area contributed by atoms with E-state index in [2.05, 4.69) is 42.2 Å². The zero-order valence-corrected chi connectivity index (χ0v) is 36.5. The Labute approximate surface area is 373 Å². The lowest BCUT2D eigenvalue weighted by atomic mass is 9.97. The van der Waals surface area contributed by atoms with Crippen LogP contribution in [0.2, 0.25) is 0 Å². The molecule has 65 heavy (non-hydrogen) atoms. The third kappa shape index (κ3) is 15.4. The van der Waals surface area contributed by atoms with Crippen LogP contribution in [0.1, 0.15) is 80.4 Å². The molecule has 2 heterocycles. The van der Waals surface area contributed by atoms with Crippen LogP contribution >= 0.6 is 0 Å². The Morgan fingerprint density at radius 2 is 1.58 bits per heavy atom. The zero-order chi connectivity index (χ0) is 47.7. The van der Waals surface area contributed by atoms with Gasteiger partial charge < -0.3 is 65.7 Å². The van der Waals surface area contributed by atoms with Crippen LogP contribution in [0.15, 0.2) is 53.5 Å². The molecule has 3 amide bonds. The molecule has 1 aliphatic rings. The van der Waals surface area contributed by atoms with Crippen molar-refractivity contribution in [2.45, 2.75) is 51.9 Å². The molecule has 1 aromatic heterocycles. The molecular weight excluding hydrogens is 855 g/mol. The van der Waals surface area contributed by atoms with E-state index in [9.17, 15) is 38.7 Å². The molecule has 0 radical (unpaired) electrons. The first kappa shape index (κ1) is 50.7. The molecule has 8 N–H and O–H groups in total. The lowest BCUT2D eigenvalue weighted by Gasteiger charge is -2.22. The molecule has 0 aliphatic carbocycles. The fraction of sp³-hybridized carbons (Fsp3) is 0.442. The molecule has 1 saturated heterocycles. The fourth-order valence-electron chi connectivity index (χ4n) is 5.75. The number of rotatable bonds is 20. The molecular formula is C43H53N7O15. The summed E-state index contributed by atoms with van der Waals surface area (Å²) in [5, 5.41) is 17.6. The van der Waals surface area contributed by atoms with Crippen LogP contribution in [0.3, 0.4) is 0 Å². The number of benzene rings is 2. The molecule has 22 heteroatoms. The quantitative estimate of drug-likeness (QED) is 0.0278. The maximum atomic E-state index is 12.8. The number of aliphatic hydroxyl groups excluding tert-OH is 1. The summed E-state index contributed by atoms with van der Waals surface area (Å²) in [5.74, 6) is 2.20. The Balaban J connectivity index is 1.12. The number of carbonyl (C=O) groups is 6. The number of nitrogen functional groups attached to an aromatic ring is 1. The number of hydrogen-bond acceptors (Lipinski definition) is 18. The summed E-state index contributed by atoms with van der Waals surface area (Å²) in [5.41, 5.74) is 10.8. The van der Waals surface area contributed by atoms with E-state index in [0.29, 0.717) is 5.75 Å². The van der Waals surface area contributed by atoms with Gasteiger partial charge in [-0.1, -0.05) is 17.9 Å². The highest BCUT2D eigenvalue weighted by atomic mass is 16.6. The largest absolute Gasteiger partial charge is 0.489 e. The standard InChI is InChI=1S/C43H53N7O15/c1-43(2,3)41(57)65-31-20-35(64-32(31)22-51)50-21-26(36(45)49-42(50)58)9-7-11-46-34(52)24-61-14-15-62-33(44)23-63-30-10-6-8-25(19-30)37(53)47-12-13-48-38(54)27-16-28(39(55)59-4)18-29(17-27)40(56)60-5/h6,8,10,16-19,21,31-33,35,51H,11-15,20,22-24,44H2,1-5H3,(H,46,52)(H,47,53)(H,48,54)(H2,45,49,58)/t31-,32+,33?,35+/m0/s1. The van der Waals surface area contributed by atoms with Crippen molar-refractivity contribution in [2.24, 2.45) is 11.1 Å². The number of esters is 3. The van der Waals surface area contributed by atoms with Crippen LogP contribution in [0.5, 0.6) is 5.75 Å². The number of nitrogens with one attached hydrogen (secondary N) is 3. The van der Waals surface area contributed by atoms with Crippen molar-refractivity contribution in [1.82, 2.24) is 25.5 Å². The van der Waals surface area contributed by atoms with Gasteiger partial charge in [-0.15, -0.1) is 0 Å². The maximum Gasteiger partial charge on any atom is 0.351 e. The van der Waals surface area contributed by atoms with Crippen LogP contribution in [0.25, 0.3) is 0 Å². The van der Waals surface area contributed by atoms with Crippen LogP contribution in [0, 0.1) is 17.3 Å². The van der Waals surface area contributed by atoms with Crippen molar-refractivity contribution in [1.29, 1.82) is 0 Å². The van der Waals surface area contributed by atoms with E-state index >= 15 is 0 Å². The molecule has 350 valence electrons. The first-order valence-corrected chi connectivity index (χ1v) is 20.1. The van der Waals surface area contributed by atoms with Gasteiger partial charge >= 0.3 is 23.6 Å². The van der Waals surface area contributed by atoms with Gasteiger partial charge in [-0.05, 0) is 57.2 Å². The van der Waals surface area contributed by atoms with Gasteiger partial charge in [0.1, 0.15) is 49.4 Å². The van der Waals surface area contributed by atoms with Gasteiger partial charge in [-0.3, -0.25) is 23.7 Å². The van der Waals surface area contributed by atoms with Crippen molar-refractivity contribution in [3.05, 3.63) is 87.0 Å². The summed E-state index contributed by atoms with van der Waals surface area (Å²) in [6, 6.07) is 10.1. The number of amides is 3. The summed E-state index contributed by atoms with van der Waals surface area (Å²) < 4.78 is 38.3. The molecule has 1 fully saturated rings. The minimum absolute atomic E-state index is 0.0152. The van der Waals surface area contributed by atoms with Crippen molar-refractivity contribution in [3.8, 4) is 17.6 Å². The number of methoxy groups -OCH3 is 2. The number of aliphatic hydroxyl groups is 1. The zero-order valence-electron chi connectivity index (χ0n) is 36.5. The first-order valence-electron chi connectivity index (χ1n) is 20.1. The molecule has 1 aliphatic heterocycles. The molecule has 22 nitrogen and oxygen atoms in total. The lowest BCUT2D eigenvalue weighted by Crippen LogP contribution is -2.35. The van der Waals surface area contributed by atoms with E-state index < -0.39 is 78.0 Å². The van der Waals surface area contributed by atoms with Gasteiger partial charge in [0.05, 0.1) is 62.7 Å². The Morgan fingerprint density at radius 3 is 2.22 bits per heavy atom. The van der Waals surface area contributed by atoms with Crippen LogP contribution < -0.4 is 37.8 Å². The van der Waals surface area contributed by atoms with Crippen LogP contribution in [0.4, 0.5) is 5.82 Å². The van der Waals surface area contributed by atoms with E-state index in [1.165, 1.54) is 44.7 Å². The number of nitrogens with two attached hydrogens (primary N) is 2. The second-order valence-corrected chi connectivity index (χ2v) is 15.1. The van der Waals surface area contributed by atoms with E-state index in [-0.39, 0.29) is 86.1 Å². The fourth-order valence-corrected chi connectivity index (χ4v) is 5.75. The third-order valence-electron chi connectivity index (χ3n) is 9.16. The number of nitrogens with zero attached hydrogens (tertiary/aromatic N) is 2. The van der Waals surface area contributed by atoms with Gasteiger partial charge in [0, 0.05) is 36.8 Å². The highest BCUT2D eigenvalue weighted by Crippen LogP contribution is 2.32. The van der Waals surface area contributed by atoms with E-state index in [1.54, 1.807) is 39.0 Å². The van der Waals surface area contributed by atoms with E-state index in [4.69, 9.17) is 35.2 Å². The van der Waals surface area contributed by atoms with Crippen molar-refractivity contribution in [2.75, 3.05) is 72.6 Å². The monoisotopic (exact) mass is 907 g/mol. The van der Waals surface area contributed by atoms with Gasteiger partial charge in [-0.25, -0.2) is 14.4 Å². The molecule has 4 rings (SSSR count). The number of anilines is 1. The minimum Gasteiger partial charge on any atom is -0.489 e. The van der Waals surface area contributed by atoms with E-state index in [1.807, 2.05) is 0 Å². The number of aromatic nitrogens is 2. The minimum atomic E-state index is -0.905. The second kappa shape index (κ2) is 24.2. The Kier molecular flexibility index (Phi) is 18.9. The SMILES string of the molecule is COC(=O)c1cc(C(=O)NCCNC(=O)c2cccc(OCC(N)OCCOCC(=O)NCC#Cc3cn([C@H]4C[C@H](OC(=O)C(C)(C)C)[C@@H](CO)O4)c(=O)nc3N)c2)cc(C(=O)OC)c1. The highest BCUT2D eigenvalue weighted by Gasteiger charge is 2.40. The van der Waals surface area contributed by atoms with Crippen LogP contribution in [-0.4, -0.2) is 136 Å². The molecule has 3 aromatic rings. The smallest absolute Gasteiger partial charge is 0.351 e. The van der Waals surface area contributed by atoms with Crippen molar-refractivity contribution < 1.29 is 67.0 Å². The molecule has 0 spiro atoms. The van der Waals surface area contributed by atoms with Crippen molar-refractivity contribution >= 4 is 41.4 Å². The molecule has 1 unspecified atom stereocenters. The Hall–Kier alpha value is -6.90. The van der Waals surface area contributed by atoms with Crippen LogP contribution in [-0.2, 0) is 38.0 Å². The van der Waals surface area contributed by atoms with Crippen molar-refractivity contribution in [3.63, 3.8) is 0 Å². The van der Waals surface area contributed by atoms with Gasteiger partial charge in [-0.2, -0.15) is 4.98 Å². The topological polar surface area (TPSA) is 310 Å². The predicted molar refractivity (Wildman–Crippen MR) is 228 cm³/mol. The molecule has 2 aromatic carbocycles. The van der Waals surface area contributed by atoms with Gasteiger partial charge in [0.25, 0.3) is 11.8 Å². The molecule has 4 atom stereocenters. The Morgan fingerprint density at radius 1 is 0.938 bits per heavy atom. The lowest BCUT2D eigenvalue weighted by molar-refractivity contribution is -0.162. The summed E-state index contributed by atoms with van der Waals surface area (Å²) in [6.07, 6.45) is -1.99. The predicted octanol–water partition coefficient (Wildman–Crippen LogP) is -0.339. The maximum absolute atomic E-state index is 12.8. The number of carbonyl (C=O) groups excluding carboxylic acids is 6. The highest BCUT2D eigenvalue weighted by molar-refractivity contribution is 6.02. The normalized spacial score (nSPS) is 16.0.